The summed E-state index contributed by atoms with van der Waals surface area (Å²) >= 11 is 5.43. The number of ether oxygens (including phenoxy) is 2. The van der Waals surface area contributed by atoms with E-state index in [4.69, 9.17) is 32.9 Å². The van der Waals surface area contributed by atoms with E-state index in [-0.39, 0.29) is 5.75 Å². The number of aromatic amines is 1. The lowest BCUT2D eigenvalue weighted by molar-refractivity contribution is -0.151. The molecule has 3 rings (SSSR count). The predicted octanol–water partition coefficient (Wildman–Crippen LogP) is 1.74. The molecule has 0 aliphatic carbocycles. The van der Waals surface area contributed by atoms with E-state index in [2.05, 4.69) is 0 Å². The van der Waals surface area contributed by atoms with E-state index in [9.17, 15) is 33.6 Å². The van der Waals surface area contributed by atoms with Crippen molar-refractivity contribution in [1.29, 1.82) is 0 Å². The number of benzene rings is 1. The van der Waals surface area contributed by atoms with Crippen molar-refractivity contribution >= 4 is 25.2 Å². The maximum atomic E-state index is 14.0. The van der Waals surface area contributed by atoms with Crippen LogP contribution < -0.4 is 15.8 Å². The Bertz CT molecular complexity index is 1490. The molecule has 1 aromatic carbocycles. The first kappa shape index (κ1) is 27.6. The van der Waals surface area contributed by atoms with Crippen molar-refractivity contribution in [3.8, 4) is 17.0 Å². The molecule has 0 amide bonds. The lowest BCUT2D eigenvalue weighted by Crippen LogP contribution is -2.48. The second kappa shape index (κ2) is 12.5. The molecule has 0 radical (unpaired) electrons. The Morgan fingerprint density at radius 1 is 1.36 bits per heavy atom. The third-order valence-electron chi connectivity index (χ3n) is 5.36. The van der Waals surface area contributed by atoms with Crippen LogP contribution in [-0.2, 0) is 23.4 Å². The van der Waals surface area contributed by atoms with Crippen LogP contribution in [0, 0.1) is 23.0 Å². The number of halogens is 2. The Labute approximate surface area is 230 Å². The van der Waals surface area contributed by atoms with E-state index >= 15 is 0 Å². The molecule has 1 aliphatic rings. The van der Waals surface area contributed by atoms with E-state index in [0.29, 0.717) is 10.8 Å². The minimum atomic E-state index is -4.65. The number of aliphatic hydroxyl groups is 2. The maximum Gasteiger partial charge on any atom is 0.380 e. The first-order valence-electron chi connectivity index (χ1n) is 12.5. The summed E-state index contributed by atoms with van der Waals surface area (Å²) in [6, 6.07) is 7.48. The molecule has 1 aromatic heterocycles. The molecular formula is C24H27ClFN2O10P. The van der Waals surface area contributed by atoms with E-state index in [0.717, 1.165) is 0 Å². The monoisotopic (exact) mass is 590 g/mol. The predicted molar refractivity (Wildman–Crippen MR) is 136 cm³/mol. The molecule has 2 aromatic rings. The van der Waals surface area contributed by atoms with Gasteiger partial charge in [0, 0.05) is 5.38 Å². The van der Waals surface area contributed by atoms with Crippen molar-refractivity contribution in [2.24, 2.45) is 5.92 Å². The van der Waals surface area contributed by atoms with Gasteiger partial charge in [-0.2, -0.15) is 4.39 Å². The minimum Gasteiger partial charge on any atom is -0.463 e. The van der Waals surface area contributed by atoms with E-state index < -0.39 is 79.4 Å². The second-order valence-corrected chi connectivity index (χ2v) is 11.0. The van der Waals surface area contributed by atoms with Crippen LogP contribution in [0.15, 0.2) is 46.1 Å². The Morgan fingerprint density at radius 3 is 2.64 bits per heavy atom. The van der Waals surface area contributed by atoms with Crippen LogP contribution in [0.4, 0.5) is 4.39 Å². The van der Waals surface area contributed by atoms with Crippen LogP contribution in [0.25, 0.3) is 0 Å². The lowest BCUT2D eigenvalue weighted by Gasteiger charge is -2.26. The summed E-state index contributed by atoms with van der Waals surface area (Å²) in [7, 11) is -4.65. The van der Waals surface area contributed by atoms with Crippen molar-refractivity contribution in [1.82, 2.24) is 9.55 Å². The van der Waals surface area contributed by atoms with Gasteiger partial charge in [0.2, 0.25) is 11.4 Å². The first-order valence-corrected chi connectivity index (χ1v) is 13.6. The van der Waals surface area contributed by atoms with Crippen molar-refractivity contribution in [3.05, 3.63) is 63.2 Å². The summed E-state index contributed by atoms with van der Waals surface area (Å²) < 4.78 is 66.7. The number of nitrogens with one attached hydrogen (secondary N) is 1. The van der Waals surface area contributed by atoms with Gasteiger partial charge in [0.05, 0.1) is 33.7 Å². The largest absolute Gasteiger partial charge is 0.463 e. The molecule has 1 aliphatic heterocycles. The number of carbonyl (C=O) groups excluding carboxylic acids is 1. The third kappa shape index (κ3) is 7.16. The number of aromatic nitrogens is 2. The summed E-state index contributed by atoms with van der Waals surface area (Å²) in [6.07, 6.45) is -7.60. The lowest BCUT2D eigenvalue weighted by atomic mass is 9.95. The molecule has 0 spiro atoms. The number of para-hydroxylation sites is 1. The first-order chi connectivity index (χ1) is 19.0. The Morgan fingerprint density at radius 2 is 2.03 bits per heavy atom. The van der Waals surface area contributed by atoms with Crippen LogP contribution in [-0.4, -0.2) is 62.4 Å². The van der Waals surface area contributed by atoms with Crippen LogP contribution in [0.1, 0.15) is 29.7 Å². The van der Waals surface area contributed by atoms with Gasteiger partial charge in [-0.3, -0.25) is 23.7 Å². The topological polar surface area (TPSA) is 166 Å². The SMILES string of the molecule is [2H]C([2H])(O[P@@](=O)(C[C@@H](C)C(=O)OC(C)C)Oc1ccccc1)[C@H]1O[C@@H](n2cc(F)c(=O)[nH]c2=O)C(O)(C#CCl)[C@H]1O. The maximum absolute atomic E-state index is 14.0. The Kier molecular flexibility index (Phi) is 8.82. The zero-order valence-electron chi connectivity index (χ0n) is 22.9. The van der Waals surface area contributed by atoms with Gasteiger partial charge in [-0.05, 0) is 43.5 Å². The summed E-state index contributed by atoms with van der Waals surface area (Å²) in [5, 5.41) is 23.9. The Hall–Kier alpha value is -2.98. The minimum absolute atomic E-state index is 0.0124. The molecule has 1 saturated heterocycles. The number of H-pyrrole nitrogens is 1. The van der Waals surface area contributed by atoms with Gasteiger partial charge in [-0.15, -0.1) is 0 Å². The summed E-state index contributed by atoms with van der Waals surface area (Å²) in [4.78, 5) is 37.9. The molecule has 2 heterocycles. The number of esters is 1. The zero-order valence-corrected chi connectivity index (χ0v) is 22.5. The van der Waals surface area contributed by atoms with Crippen molar-refractivity contribution in [2.75, 3.05) is 12.7 Å². The molecule has 3 N–H and O–H groups in total. The standard InChI is InChI=1S/C24H27ClFN2O10P/c1-14(2)36-21(31)15(3)13-39(34,38-16-7-5-4-6-8-16)35-12-18-19(29)24(33,9-10-25)22(37-18)28-11-17(26)20(30)27-23(28)32/h4-8,11,14-15,18-19,22,29,33H,12-13H2,1-3H3,(H,27,30,32)/t15-,18-,19+,22-,24?,39+/m1/s1/i12D2. The van der Waals surface area contributed by atoms with E-state index in [1.807, 2.05) is 5.92 Å². The average molecular weight is 591 g/mol. The molecular weight excluding hydrogens is 562 g/mol. The third-order valence-corrected chi connectivity index (χ3v) is 7.32. The van der Waals surface area contributed by atoms with Crippen LogP contribution in [0.5, 0.6) is 5.75 Å². The van der Waals surface area contributed by atoms with E-state index in [1.54, 1.807) is 30.3 Å². The fourth-order valence-corrected chi connectivity index (χ4v) is 5.40. The normalized spacial score (nSPS) is 26.0. The molecule has 6 atom stereocenters. The summed E-state index contributed by atoms with van der Waals surface area (Å²) in [5.41, 5.74) is -5.56. The highest BCUT2D eigenvalue weighted by molar-refractivity contribution is 7.54. The van der Waals surface area contributed by atoms with Crippen LogP contribution in [0.3, 0.4) is 0 Å². The molecule has 12 nitrogen and oxygen atoms in total. The van der Waals surface area contributed by atoms with Gasteiger partial charge >= 0.3 is 19.3 Å². The molecule has 39 heavy (non-hydrogen) atoms. The number of hydrogen-bond acceptors (Lipinski definition) is 10. The van der Waals surface area contributed by atoms with Gasteiger partial charge in [0.1, 0.15) is 18.0 Å². The summed E-state index contributed by atoms with van der Waals surface area (Å²) in [6.45, 7) is 1.26. The zero-order chi connectivity index (χ0) is 30.8. The van der Waals surface area contributed by atoms with Gasteiger partial charge in [-0.1, -0.05) is 25.1 Å². The molecule has 0 saturated carbocycles. The van der Waals surface area contributed by atoms with Gasteiger partial charge in [0.25, 0.3) is 5.56 Å². The number of hydrogen-bond donors (Lipinski definition) is 3. The highest BCUT2D eigenvalue weighted by atomic mass is 35.5. The average Bonchev–Trinajstić information content (AvgIpc) is 3.12. The van der Waals surface area contributed by atoms with Crippen molar-refractivity contribution < 1.29 is 45.2 Å². The fourth-order valence-electron chi connectivity index (χ4n) is 3.54. The van der Waals surface area contributed by atoms with Crippen LogP contribution >= 0.6 is 19.2 Å². The summed E-state index contributed by atoms with van der Waals surface area (Å²) in [5.74, 6) is -1.39. The number of nitrogens with zero attached hydrogens (tertiary/aromatic N) is 1. The molecule has 212 valence electrons. The van der Waals surface area contributed by atoms with Crippen molar-refractivity contribution in [3.63, 3.8) is 0 Å². The molecule has 1 fully saturated rings. The highest BCUT2D eigenvalue weighted by Crippen LogP contribution is 2.51. The smallest absolute Gasteiger partial charge is 0.380 e. The van der Waals surface area contributed by atoms with Gasteiger partial charge < -0.3 is 24.2 Å². The number of carbonyl (C=O) groups is 1. The molecule has 0 bridgehead atoms. The fraction of sp³-hybridized carbons (Fsp3) is 0.458. The number of aliphatic hydroxyl groups excluding tert-OH is 1. The quantitative estimate of drug-likeness (QED) is 0.211. The molecule has 15 heteroatoms. The van der Waals surface area contributed by atoms with Crippen LogP contribution in [0.2, 0.25) is 0 Å². The van der Waals surface area contributed by atoms with Gasteiger partial charge in [0.15, 0.2) is 6.23 Å². The highest BCUT2D eigenvalue weighted by Gasteiger charge is 2.57. The van der Waals surface area contributed by atoms with Gasteiger partial charge in [-0.25, -0.2) is 9.36 Å². The molecule has 1 unspecified atom stereocenters. The van der Waals surface area contributed by atoms with Crippen molar-refractivity contribution in [2.45, 2.75) is 50.9 Å². The second-order valence-electron chi connectivity index (χ2n) is 8.84. The van der Waals surface area contributed by atoms with E-state index in [1.165, 1.54) is 31.2 Å². The number of rotatable bonds is 10. The Balaban J connectivity index is 2.01.